The summed E-state index contributed by atoms with van der Waals surface area (Å²) in [7, 11) is 1.70. The number of fused-ring (bicyclic) bond motifs is 2. The van der Waals surface area contributed by atoms with Crippen LogP contribution in [-0.2, 0) is 51.1 Å². The SMILES string of the molecule is CC[C@@H](C)C(=O)N[C@H](C(=O)N1CCC[C@H]1C(=O)N[C@H]1c2ccccc2C[C@@H]1OCCCCCCO[C@H]1Cc2ccccc2[C@@H]1NC(=O)[C@@H]1CCCN1C(=O)[C@@H](NC(=O)[C@H](C)NC)C(C)(C)C)C(C)(C)C. The molecule has 0 radical (unpaired) electrons. The van der Waals surface area contributed by atoms with Gasteiger partial charge in [-0.3, -0.25) is 28.8 Å². The molecule has 0 bridgehead atoms. The number of ether oxygens (including phenoxy) is 2. The van der Waals surface area contributed by atoms with Crippen molar-refractivity contribution in [1.29, 1.82) is 0 Å². The highest BCUT2D eigenvalue weighted by Gasteiger charge is 2.46. The maximum absolute atomic E-state index is 14.1. The predicted octanol–water partition coefficient (Wildman–Crippen LogP) is 5.84. The Kier molecular flexibility index (Phi) is 18.7. The topological polar surface area (TPSA) is 188 Å². The van der Waals surface area contributed by atoms with E-state index < -0.39 is 41.0 Å². The molecule has 0 aromatic heterocycles. The van der Waals surface area contributed by atoms with Crippen molar-refractivity contribution in [2.45, 2.75) is 187 Å². The molecule has 386 valence electrons. The molecule has 4 aliphatic rings. The maximum Gasteiger partial charge on any atom is 0.246 e. The van der Waals surface area contributed by atoms with E-state index in [2.05, 4.69) is 38.7 Å². The second-order valence-corrected chi connectivity index (χ2v) is 22.3. The lowest BCUT2D eigenvalue weighted by molar-refractivity contribution is -0.144. The van der Waals surface area contributed by atoms with E-state index in [-0.39, 0.29) is 65.7 Å². The molecule has 5 N–H and O–H groups in total. The Balaban J connectivity index is 0.984. The van der Waals surface area contributed by atoms with Crippen LogP contribution in [-0.4, -0.2) is 121 Å². The van der Waals surface area contributed by atoms with E-state index in [1.165, 1.54) is 0 Å². The van der Waals surface area contributed by atoms with Crippen LogP contribution in [0.1, 0.15) is 154 Å². The summed E-state index contributed by atoms with van der Waals surface area (Å²) < 4.78 is 13.1. The molecule has 2 saturated heterocycles. The quantitative estimate of drug-likeness (QED) is 0.0959. The molecular formula is C55H83N7O8. The van der Waals surface area contributed by atoms with E-state index in [0.717, 1.165) is 47.9 Å². The Bertz CT molecular complexity index is 2000. The fraction of sp³-hybridized carbons (Fsp3) is 0.673. The highest BCUT2D eigenvalue weighted by atomic mass is 16.5. The Morgan fingerprint density at radius 1 is 0.629 bits per heavy atom. The van der Waals surface area contributed by atoms with Gasteiger partial charge in [0.25, 0.3) is 0 Å². The van der Waals surface area contributed by atoms with Gasteiger partial charge in [0.05, 0.1) is 30.3 Å². The van der Waals surface area contributed by atoms with Crippen molar-refractivity contribution in [3.63, 3.8) is 0 Å². The van der Waals surface area contributed by atoms with Gasteiger partial charge in [-0.2, -0.15) is 0 Å². The molecule has 2 aliphatic heterocycles. The number of hydrogen-bond donors (Lipinski definition) is 5. The van der Waals surface area contributed by atoms with Crippen molar-refractivity contribution in [2.24, 2.45) is 16.7 Å². The summed E-state index contributed by atoms with van der Waals surface area (Å²) in [5.74, 6) is -1.51. The van der Waals surface area contributed by atoms with E-state index >= 15 is 0 Å². The average Bonchev–Trinajstić information content (AvgIpc) is 4.15. The van der Waals surface area contributed by atoms with Gasteiger partial charge < -0.3 is 45.9 Å². The number of benzene rings is 2. The first-order valence-electron chi connectivity index (χ1n) is 26.1. The van der Waals surface area contributed by atoms with Gasteiger partial charge in [0, 0.05) is 45.1 Å². The lowest BCUT2D eigenvalue weighted by atomic mass is 9.85. The van der Waals surface area contributed by atoms with Crippen LogP contribution >= 0.6 is 0 Å². The molecule has 0 spiro atoms. The third-order valence-electron chi connectivity index (χ3n) is 15.0. The molecule has 2 heterocycles. The van der Waals surface area contributed by atoms with Crippen molar-refractivity contribution in [3.05, 3.63) is 70.8 Å². The molecule has 2 aromatic rings. The zero-order valence-corrected chi connectivity index (χ0v) is 43.7. The number of rotatable bonds is 21. The van der Waals surface area contributed by atoms with Crippen LogP contribution in [0.25, 0.3) is 0 Å². The summed E-state index contributed by atoms with van der Waals surface area (Å²) in [6, 6.07) is 12.2. The van der Waals surface area contributed by atoms with Crippen LogP contribution in [0.3, 0.4) is 0 Å². The molecule has 2 aliphatic carbocycles. The number of amides is 6. The number of nitrogens with one attached hydrogen (secondary N) is 5. The van der Waals surface area contributed by atoms with Gasteiger partial charge in [-0.25, -0.2) is 0 Å². The molecule has 10 atom stereocenters. The van der Waals surface area contributed by atoms with E-state index in [1.54, 1.807) is 23.8 Å². The molecule has 15 nitrogen and oxygen atoms in total. The zero-order chi connectivity index (χ0) is 50.9. The fourth-order valence-corrected chi connectivity index (χ4v) is 10.4. The first kappa shape index (κ1) is 54.5. The Hall–Kier alpha value is -4.86. The minimum Gasteiger partial charge on any atom is -0.375 e. The third kappa shape index (κ3) is 13.2. The number of unbranched alkanes of at least 4 members (excludes halogenated alkanes) is 3. The molecule has 6 amide bonds. The largest absolute Gasteiger partial charge is 0.375 e. The first-order chi connectivity index (χ1) is 33.2. The summed E-state index contributed by atoms with van der Waals surface area (Å²) in [6.45, 7) is 19.1. The number of carbonyl (C=O) groups excluding carboxylic acids is 6. The second-order valence-electron chi connectivity index (χ2n) is 22.3. The first-order valence-corrected chi connectivity index (χ1v) is 26.1. The molecular weight excluding hydrogens is 887 g/mol. The van der Waals surface area contributed by atoms with Crippen molar-refractivity contribution in [3.8, 4) is 0 Å². The lowest BCUT2D eigenvalue weighted by Gasteiger charge is -2.36. The van der Waals surface area contributed by atoms with Crippen molar-refractivity contribution in [2.75, 3.05) is 33.4 Å². The van der Waals surface area contributed by atoms with E-state index in [4.69, 9.17) is 9.47 Å². The number of hydrogen-bond acceptors (Lipinski definition) is 9. The smallest absolute Gasteiger partial charge is 0.246 e. The van der Waals surface area contributed by atoms with Crippen LogP contribution in [0.2, 0.25) is 0 Å². The van der Waals surface area contributed by atoms with Gasteiger partial charge >= 0.3 is 0 Å². The summed E-state index contributed by atoms with van der Waals surface area (Å²) >= 11 is 0. The highest BCUT2D eigenvalue weighted by molar-refractivity contribution is 5.95. The molecule has 6 rings (SSSR count). The van der Waals surface area contributed by atoms with Crippen LogP contribution in [0.4, 0.5) is 0 Å². The number of nitrogens with zero attached hydrogens (tertiary/aromatic N) is 2. The zero-order valence-electron chi connectivity index (χ0n) is 43.7. The minimum absolute atomic E-state index is 0.155. The second kappa shape index (κ2) is 24.0. The van der Waals surface area contributed by atoms with Gasteiger partial charge in [-0.1, -0.05) is 117 Å². The Labute approximate surface area is 417 Å². The number of likely N-dealkylation sites (N-methyl/N-ethyl adjacent to an activating group) is 1. The van der Waals surface area contributed by atoms with Gasteiger partial charge in [-0.05, 0) is 92.0 Å². The summed E-state index contributed by atoms with van der Waals surface area (Å²) in [4.78, 5) is 85.6. The Morgan fingerprint density at radius 3 is 1.44 bits per heavy atom. The van der Waals surface area contributed by atoms with Gasteiger partial charge in [0.2, 0.25) is 35.4 Å². The summed E-state index contributed by atoms with van der Waals surface area (Å²) in [6.07, 6.45) is 7.58. The van der Waals surface area contributed by atoms with Gasteiger partial charge in [-0.15, -0.1) is 0 Å². The van der Waals surface area contributed by atoms with E-state index in [1.807, 2.05) is 91.8 Å². The molecule has 2 aromatic carbocycles. The van der Waals surface area contributed by atoms with E-state index in [0.29, 0.717) is 71.2 Å². The fourth-order valence-electron chi connectivity index (χ4n) is 10.4. The number of carbonyl (C=O) groups is 6. The maximum atomic E-state index is 14.1. The molecule has 0 unspecified atom stereocenters. The summed E-state index contributed by atoms with van der Waals surface area (Å²) in [5, 5.41) is 15.5. The van der Waals surface area contributed by atoms with E-state index in [9.17, 15) is 28.8 Å². The van der Waals surface area contributed by atoms with Crippen molar-refractivity contribution in [1.82, 2.24) is 36.4 Å². The van der Waals surface area contributed by atoms with Crippen molar-refractivity contribution >= 4 is 35.4 Å². The number of likely N-dealkylation sites (tertiary alicyclic amines) is 2. The van der Waals surface area contributed by atoms with Crippen LogP contribution < -0.4 is 26.6 Å². The minimum atomic E-state index is -0.790. The Morgan fingerprint density at radius 2 is 1.04 bits per heavy atom. The standard InChI is InChI=1S/C55H83N7O8/c1-11-34(2)48(63)59-46(54(4,5)6)52(67)61-28-20-26-40(61)50(65)57-44-38-24-16-14-22-36(38)32-42(44)69-30-18-12-13-19-31-70-43-33-37-23-15-17-25-39(37)45(43)58-51(66)41-27-21-29-62(41)53(68)47(55(7,8)9)60-49(64)35(3)56-10/h14-17,22-25,34-35,40-47,56H,11-13,18-21,26-33H2,1-10H3,(H,57,65)(H,58,66)(H,59,63)(H,60,64)/t34-,35+,40+,41+,42+,43+,44+,45+,46-,47-/m1/s1. The lowest BCUT2D eigenvalue weighted by Crippen LogP contribution is -2.59. The van der Waals surface area contributed by atoms with Gasteiger partial charge in [0.1, 0.15) is 24.2 Å². The molecule has 70 heavy (non-hydrogen) atoms. The normalized spacial score (nSPS) is 23.7. The van der Waals surface area contributed by atoms with Crippen LogP contribution in [0, 0.1) is 16.7 Å². The average molecular weight is 970 g/mol. The summed E-state index contributed by atoms with van der Waals surface area (Å²) in [5.41, 5.74) is 3.24. The predicted molar refractivity (Wildman–Crippen MR) is 270 cm³/mol. The third-order valence-corrected chi connectivity index (χ3v) is 15.0. The molecule has 2 fully saturated rings. The van der Waals surface area contributed by atoms with Gasteiger partial charge in [0.15, 0.2) is 0 Å². The van der Waals surface area contributed by atoms with Crippen LogP contribution in [0.15, 0.2) is 48.5 Å². The highest BCUT2D eigenvalue weighted by Crippen LogP contribution is 2.37. The van der Waals surface area contributed by atoms with Crippen molar-refractivity contribution < 1.29 is 38.2 Å². The molecule has 0 saturated carbocycles. The van der Waals surface area contributed by atoms with Crippen LogP contribution in [0.5, 0.6) is 0 Å². The monoisotopic (exact) mass is 970 g/mol. The molecule has 15 heteroatoms.